The van der Waals surface area contributed by atoms with E-state index in [1.807, 2.05) is 0 Å². The molecule has 0 saturated carbocycles. The molecule has 0 bridgehead atoms. The molecule has 2 rings (SSSR count). The Hall–Kier alpha value is -2.24. The molecule has 0 aliphatic rings. The summed E-state index contributed by atoms with van der Waals surface area (Å²) >= 11 is 11.6. The summed E-state index contributed by atoms with van der Waals surface area (Å²) in [6.07, 6.45) is 2.03. The Labute approximate surface area is 143 Å². The number of nitrogens with one attached hydrogen (secondary N) is 1. The maximum Gasteiger partial charge on any atom is 0.240 e. The Morgan fingerprint density at radius 1 is 1.17 bits per heavy atom. The second kappa shape index (κ2) is 7.85. The van der Waals surface area contributed by atoms with Crippen LogP contribution in [0.15, 0.2) is 41.5 Å². The maximum absolute atomic E-state index is 11.7. The number of phenolic OH excluding ortho intramolecular Hbond substituents is 2. The fourth-order valence-corrected chi connectivity index (χ4v) is 2.34. The second-order valence-corrected chi connectivity index (χ2v) is 5.63. The number of halogens is 2. The first kappa shape index (κ1) is 17.1. The van der Waals surface area contributed by atoms with Crippen LogP contribution in [0, 0.1) is 0 Å². The van der Waals surface area contributed by atoms with Crippen molar-refractivity contribution in [1.82, 2.24) is 5.43 Å². The summed E-state index contributed by atoms with van der Waals surface area (Å²) in [5.41, 5.74) is 3.60. The van der Waals surface area contributed by atoms with Crippen LogP contribution < -0.4 is 5.43 Å². The molecule has 1 amide bonds. The van der Waals surface area contributed by atoms with Crippen molar-refractivity contribution in [2.45, 2.75) is 12.8 Å². The number of amides is 1. The van der Waals surface area contributed by atoms with Gasteiger partial charge in [0.05, 0.1) is 11.2 Å². The van der Waals surface area contributed by atoms with Crippen molar-refractivity contribution in [3.63, 3.8) is 0 Å². The average molecular weight is 353 g/mol. The molecule has 0 heterocycles. The molecule has 0 fully saturated rings. The minimum atomic E-state index is -0.276. The zero-order chi connectivity index (χ0) is 16.8. The van der Waals surface area contributed by atoms with Gasteiger partial charge in [-0.15, -0.1) is 0 Å². The van der Waals surface area contributed by atoms with E-state index in [2.05, 4.69) is 10.5 Å². The van der Waals surface area contributed by atoms with Crippen molar-refractivity contribution < 1.29 is 15.0 Å². The summed E-state index contributed by atoms with van der Waals surface area (Å²) in [7, 11) is 0. The molecule has 0 aromatic heterocycles. The van der Waals surface area contributed by atoms with E-state index in [0.29, 0.717) is 17.0 Å². The third-order valence-corrected chi connectivity index (χ3v) is 3.53. The van der Waals surface area contributed by atoms with E-state index in [1.54, 1.807) is 24.3 Å². The predicted octanol–water partition coefficient (Wildman–Crippen LogP) is 3.49. The van der Waals surface area contributed by atoms with Crippen molar-refractivity contribution in [3.8, 4) is 11.5 Å². The topological polar surface area (TPSA) is 81.9 Å². The third kappa shape index (κ3) is 5.16. The lowest BCUT2D eigenvalue weighted by atomic mass is 10.1. The number of rotatable bonds is 5. The fraction of sp³-hybridized carbons (Fsp3) is 0.125. The summed E-state index contributed by atoms with van der Waals surface area (Å²) < 4.78 is 0. The SMILES string of the molecule is O=C(CCc1ccc(O)cc1)NN=Cc1cc(Cl)cc(Cl)c1O. The van der Waals surface area contributed by atoms with Gasteiger partial charge in [0, 0.05) is 17.0 Å². The molecule has 0 saturated heterocycles. The number of hydrogen-bond donors (Lipinski definition) is 3. The van der Waals surface area contributed by atoms with Gasteiger partial charge in [-0.3, -0.25) is 4.79 Å². The van der Waals surface area contributed by atoms with Gasteiger partial charge < -0.3 is 10.2 Å². The highest BCUT2D eigenvalue weighted by Gasteiger charge is 2.06. The lowest BCUT2D eigenvalue weighted by Crippen LogP contribution is -2.17. The molecule has 3 N–H and O–H groups in total. The number of carbonyl (C=O) groups excluding carboxylic acids is 1. The van der Waals surface area contributed by atoms with E-state index in [4.69, 9.17) is 23.2 Å². The second-order valence-electron chi connectivity index (χ2n) is 4.79. The molecule has 0 unspecified atom stereocenters. The Morgan fingerprint density at radius 2 is 1.87 bits per heavy atom. The smallest absolute Gasteiger partial charge is 0.240 e. The summed E-state index contributed by atoms with van der Waals surface area (Å²) in [4.78, 5) is 11.7. The zero-order valence-corrected chi connectivity index (χ0v) is 13.5. The number of hydrogen-bond acceptors (Lipinski definition) is 4. The van der Waals surface area contributed by atoms with Crippen LogP contribution in [-0.4, -0.2) is 22.3 Å². The van der Waals surface area contributed by atoms with Crippen molar-refractivity contribution in [3.05, 3.63) is 57.6 Å². The van der Waals surface area contributed by atoms with Gasteiger partial charge in [0.2, 0.25) is 5.91 Å². The first-order valence-corrected chi connectivity index (χ1v) is 7.49. The Kier molecular flexibility index (Phi) is 5.84. The van der Waals surface area contributed by atoms with Gasteiger partial charge in [-0.1, -0.05) is 35.3 Å². The molecular weight excluding hydrogens is 339 g/mol. The van der Waals surface area contributed by atoms with Gasteiger partial charge in [-0.25, -0.2) is 5.43 Å². The van der Waals surface area contributed by atoms with Crippen LogP contribution in [0.2, 0.25) is 10.0 Å². The van der Waals surface area contributed by atoms with Crippen LogP contribution in [0.25, 0.3) is 0 Å². The van der Waals surface area contributed by atoms with E-state index in [-0.39, 0.29) is 28.8 Å². The molecule has 0 aliphatic heterocycles. The van der Waals surface area contributed by atoms with Gasteiger partial charge in [0.15, 0.2) is 0 Å². The van der Waals surface area contributed by atoms with Crippen molar-refractivity contribution >= 4 is 35.3 Å². The summed E-state index contributed by atoms with van der Waals surface area (Å²) in [5.74, 6) is -0.247. The highest BCUT2D eigenvalue weighted by atomic mass is 35.5. The maximum atomic E-state index is 11.7. The molecule has 2 aromatic carbocycles. The Morgan fingerprint density at radius 3 is 2.57 bits per heavy atom. The van der Waals surface area contributed by atoms with Crippen molar-refractivity contribution in [2.24, 2.45) is 5.10 Å². The summed E-state index contributed by atoms with van der Waals surface area (Å²) in [6, 6.07) is 9.52. The normalized spacial score (nSPS) is 10.9. The van der Waals surface area contributed by atoms with E-state index >= 15 is 0 Å². The van der Waals surface area contributed by atoms with Crippen LogP contribution in [0.5, 0.6) is 11.5 Å². The van der Waals surface area contributed by atoms with Crippen LogP contribution in [0.4, 0.5) is 0 Å². The Balaban J connectivity index is 1.88. The van der Waals surface area contributed by atoms with Crippen LogP contribution in [-0.2, 0) is 11.2 Å². The fourth-order valence-electron chi connectivity index (χ4n) is 1.83. The van der Waals surface area contributed by atoms with Gasteiger partial charge >= 0.3 is 0 Å². The van der Waals surface area contributed by atoms with Crippen molar-refractivity contribution in [2.75, 3.05) is 0 Å². The number of phenols is 2. The molecule has 5 nitrogen and oxygen atoms in total. The molecule has 2 aromatic rings. The lowest BCUT2D eigenvalue weighted by molar-refractivity contribution is -0.121. The number of nitrogens with zero attached hydrogens (tertiary/aromatic N) is 1. The standard InChI is InChI=1S/C16H14Cl2N2O3/c17-12-7-11(16(23)14(18)8-12)9-19-20-15(22)6-3-10-1-4-13(21)5-2-10/h1-2,4-5,7-9,21,23H,3,6H2,(H,20,22). The molecule has 0 atom stereocenters. The van der Waals surface area contributed by atoms with E-state index in [1.165, 1.54) is 18.3 Å². The molecule has 0 aliphatic carbocycles. The molecule has 120 valence electrons. The largest absolute Gasteiger partial charge is 0.508 e. The van der Waals surface area contributed by atoms with Gasteiger partial charge in [0.1, 0.15) is 11.5 Å². The van der Waals surface area contributed by atoms with Gasteiger partial charge in [-0.05, 0) is 36.2 Å². The monoisotopic (exact) mass is 352 g/mol. The number of benzene rings is 2. The molecular formula is C16H14Cl2N2O3. The minimum absolute atomic E-state index is 0.109. The van der Waals surface area contributed by atoms with Gasteiger partial charge in [-0.2, -0.15) is 5.10 Å². The molecule has 0 spiro atoms. The quantitative estimate of drug-likeness (QED) is 0.569. The highest BCUT2D eigenvalue weighted by Crippen LogP contribution is 2.29. The van der Waals surface area contributed by atoms with Crippen LogP contribution >= 0.6 is 23.2 Å². The number of aromatic hydroxyl groups is 2. The number of aryl methyl sites for hydroxylation is 1. The van der Waals surface area contributed by atoms with E-state index in [9.17, 15) is 15.0 Å². The van der Waals surface area contributed by atoms with E-state index in [0.717, 1.165) is 5.56 Å². The van der Waals surface area contributed by atoms with Gasteiger partial charge in [0.25, 0.3) is 0 Å². The molecule has 23 heavy (non-hydrogen) atoms. The lowest BCUT2D eigenvalue weighted by Gasteiger charge is -2.03. The first-order valence-electron chi connectivity index (χ1n) is 6.73. The van der Waals surface area contributed by atoms with Crippen molar-refractivity contribution in [1.29, 1.82) is 0 Å². The molecule has 0 radical (unpaired) electrons. The summed E-state index contributed by atoms with van der Waals surface area (Å²) in [6.45, 7) is 0. The average Bonchev–Trinajstić information content (AvgIpc) is 2.51. The zero-order valence-electron chi connectivity index (χ0n) is 12.0. The highest BCUT2D eigenvalue weighted by molar-refractivity contribution is 6.36. The predicted molar refractivity (Wildman–Crippen MR) is 90.3 cm³/mol. The third-order valence-electron chi connectivity index (χ3n) is 3.03. The van der Waals surface area contributed by atoms with E-state index < -0.39 is 0 Å². The minimum Gasteiger partial charge on any atom is -0.508 e. The first-order chi connectivity index (χ1) is 11.0. The van der Waals surface area contributed by atoms with Crippen LogP contribution in [0.3, 0.4) is 0 Å². The summed E-state index contributed by atoms with van der Waals surface area (Å²) in [5, 5.41) is 23.2. The molecule has 7 heteroatoms. The number of hydrazone groups is 1. The van der Waals surface area contributed by atoms with Crippen LogP contribution in [0.1, 0.15) is 17.5 Å². The Bertz CT molecular complexity index is 731. The number of carbonyl (C=O) groups is 1.